The number of nitrogens with one attached hydrogen (secondary N) is 1. The van der Waals surface area contributed by atoms with Crippen LogP contribution in [0.3, 0.4) is 0 Å². The number of hydrogen-bond donors (Lipinski definition) is 2. The van der Waals surface area contributed by atoms with E-state index in [-0.39, 0.29) is 4.90 Å². The second-order valence-corrected chi connectivity index (χ2v) is 5.33. The van der Waals surface area contributed by atoms with E-state index in [0.717, 1.165) is 5.56 Å². The van der Waals surface area contributed by atoms with E-state index in [1.54, 1.807) is 19.1 Å². The van der Waals surface area contributed by atoms with Crippen LogP contribution in [0.2, 0.25) is 0 Å². The SMILES string of the molecule is Cc1ccc(S(=O)(=O)NCC(O)C(F)F)cc1. The molecule has 17 heavy (non-hydrogen) atoms. The number of halogens is 2. The number of aliphatic hydroxyl groups excluding tert-OH is 1. The van der Waals surface area contributed by atoms with Crippen molar-refractivity contribution in [2.75, 3.05) is 6.54 Å². The molecule has 2 N–H and O–H groups in total. The van der Waals surface area contributed by atoms with Gasteiger partial charge in [0.2, 0.25) is 10.0 Å². The molecule has 1 aromatic carbocycles. The van der Waals surface area contributed by atoms with Gasteiger partial charge in [-0.25, -0.2) is 21.9 Å². The summed E-state index contributed by atoms with van der Waals surface area (Å²) in [5.74, 6) is 0. The molecule has 0 aliphatic heterocycles. The van der Waals surface area contributed by atoms with Crippen molar-refractivity contribution in [3.8, 4) is 0 Å². The molecule has 1 unspecified atom stereocenters. The number of benzene rings is 1. The monoisotopic (exact) mass is 265 g/mol. The van der Waals surface area contributed by atoms with Crippen LogP contribution in [-0.2, 0) is 10.0 Å². The van der Waals surface area contributed by atoms with E-state index >= 15 is 0 Å². The molecule has 0 aliphatic carbocycles. The lowest BCUT2D eigenvalue weighted by Gasteiger charge is -2.11. The van der Waals surface area contributed by atoms with E-state index in [4.69, 9.17) is 5.11 Å². The maximum Gasteiger partial charge on any atom is 0.265 e. The molecule has 0 spiro atoms. The first-order valence-electron chi connectivity index (χ1n) is 4.85. The molecular weight excluding hydrogens is 252 g/mol. The zero-order chi connectivity index (χ0) is 13.1. The first-order valence-corrected chi connectivity index (χ1v) is 6.34. The first kappa shape index (κ1) is 14.0. The highest BCUT2D eigenvalue weighted by Crippen LogP contribution is 2.10. The van der Waals surface area contributed by atoms with Gasteiger partial charge in [0.15, 0.2) is 0 Å². The van der Waals surface area contributed by atoms with E-state index in [9.17, 15) is 17.2 Å². The minimum absolute atomic E-state index is 0.0235. The summed E-state index contributed by atoms with van der Waals surface area (Å²) in [7, 11) is -3.85. The molecule has 1 rings (SSSR count). The number of rotatable bonds is 5. The van der Waals surface area contributed by atoms with E-state index < -0.39 is 29.1 Å². The van der Waals surface area contributed by atoms with Gasteiger partial charge < -0.3 is 5.11 Å². The molecule has 0 amide bonds. The molecule has 0 saturated carbocycles. The fourth-order valence-electron chi connectivity index (χ4n) is 1.08. The largest absolute Gasteiger partial charge is 0.386 e. The summed E-state index contributed by atoms with van der Waals surface area (Å²) in [6, 6.07) is 5.93. The molecule has 0 radical (unpaired) electrons. The van der Waals surface area contributed by atoms with Crippen molar-refractivity contribution in [3.63, 3.8) is 0 Å². The average molecular weight is 265 g/mol. The van der Waals surface area contributed by atoms with Crippen molar-refractivity contribution in [3.05, 3.63) is 29.8 Å². The van der Waals surface area contributed by atoms with Crippen LogP contribution >= 0.6 is 0 Å². The Morgan fingerprint density at radius 3 is 2.29 bits per heavy atom. The number of hydrogen-bond acceptors (Lipinski definition) is 3. The fourth-order valence-corrected chi connectivity index (χ4v) is 2.14. The molecule has 0 bridgehead atoms. The van der Waals surface area contributed by atoms with Crippen molar-refractivity contribution < 1.29 is 22.3 Å². The highest BCUT2D eigenvalue weighted by molar-refractivity contribution is 7.89. The third kappa shape index (κ3) is 4.03. The van der Waals surface area contributed by atoms with Crippen molar-refractivity contribution >= 4 is 10.0 Å². The Bertz CT molecular complexity index is 459. The van der Waals surface area contributed by atoms with E-state index in [1.165, 1.54) is 12.1 Å². The molecule has 4 nitrogen and oxygen atoms in total. The zero-order valence-corrected chi connectivity index (χ0v) is 9.92. The van der Waals surface area contributed by atoms with Gasteiger partial charge in [-0.2, -0.15) is 0 Å². The van der Waals surface area contributed by atoms with E-state index in [2.05, 4.69) is 0 Å². The van der Waals surface area contributed by atoms with Crippen molar-refractivity contribution in [1.82, 2.24) is 4.72 Å². The Kier molecular flexibility index (Phi) is 4.55. The fraction of sp³-hybridized carbons (Fsp3) is 0.400. The number of sulfonamides is 1. The topological polar surface area (TPSA) is 66.4 Å². The molecule has 1 aromatic rings. The van der Waals surface area contributed by atoms with Crippen molar-refractivity contribution in [2.24, 2.45) is 0 Å². The summed E-state index contributed by atoms with van der Waals surface area (Å²) < 4.78 is 49.1. The van der Waals surface area contributed by atoms with Crippen LogP contribution in [0.4, 0.5) is 8.78 Å². The second-order valence-electron chi connectivity index (χ2n) is 3.57. The Morgan fingerprint density at radius 1 is 1.29 bits per heavy atom. The molecule has 0 fully saturated rings. The Morgan fingerprint density at radius 2 is 1.82 bits per heavy atom. The normalized spacial score (nSPS) is 13.9. The highest BCUT2D eigenvalue weighted by atomic mass is 32.2. The molecule has 7 heteroatoms. The lowest BCUT2D eigenvalue weighted by atomic mass is 10.2. The van der Waals surface area contributed by atoms with Gasteiger partial charge in [-0.15, -0.1) is 0 Å². The molecule has 0 saturated heterocycles. The van der Waals surface area contributed by atoms with Gasteiger partial charge in [0, 0.05) is 6.54 Å². The summed E-state index contributed by atoms with van der Waals surface area (Å²) in [6.07, 6.45) is -4.98. The lowest BCUT2D eigenvalue weighted by Crippen LogP contribution is -2.35. The Hall–Kier alpha value is -1.05. The van der Waals surface area contributed by atoms with Crippen LogP contribution in [0.5, 0.6) is 0 Å². The highest BCUT2D eigenvalue weighted by Gasteiger charge is 2.20. The summed E-state index contributed by atoms with van der Waals surface area (Å²) in [6.45, 7) is 1.08. The van der Waals surface area contributed by atoms with Crippen LogP contribution in [0.15, 0.2) is 29.2 Å². The van der Waals surface area contributed by atoms with Crippen LogP contribution in [0.25, 0.3) is 0 Å². The van der Waals surface area contributed by atoms with Crippen LogP contribution in [0.1, 0.15) is 5.56 Å². The zero-order valence-electron chi connectivity index (χ0n) is 9.10. The van der Waals surface area contributed by atoms with Gasteiger partial charge in [0.25, 0.3) is 6.43 Å². The smallest absolute Gasteiger partial charge is 0.265 e. The predicted octanol–water partition coefficient (Wildman–Crippen LogP) is 0.899. The average Bonchev–Trinajstić information content (AvgIpc) is 2.26. The Labute approximate surface area is 98.3 Å². The van der Waals surface area contributed by atoms with Crippen LogP contribution in [0, 0.1) is 6.92 Å². The van der Waals surface area contributed by atoms with Gasteiger partial charge in [0.1, 0.15) is 6.10 Å². The summed E-state index contributed by atoms with van der Waals surface area (Å²) >= 11 is 0. The lowest BCUT2D eigenvalue weighted by molar-refractivity contribution is -0.000451. The van der Waals surface area contributed by atoms with Crippen LogP contribution in [-0.4, -0.2) is 32.6 Å². The predicted molar refractivity (Wildman–Crippen MR) is 58.4 cm³/mol. The maximum absolute atomic E-state index is 12.0. The molecule has 0 heterocycles. The van der Waals surface area contributed by atoms with Gasteiger partial charge in [-0.05, 0) is 19.1 Å². The molecule has 96 valence electrons. The van der Waals surface area contributed by atoms with Gasteiger partial charge in [0.05, 0.1) is 4.90 Å². The Balaban J connectivity index is 2.72. The van der Waals surface area contributed by atoms with Gasteiger partial charge in [-0.3, -0.25) is 0 Å². The summed E-state index contributed by atoms with van der Waals surface area (Å²) in [4.78, 5) is -0.0235. The molecule has 0 aliphatic rings. The maximum atomic E-state index is 12.0. The summed E-state index contributed by atoms with van der Waals surface area (Å²) in [5, 5.41) is 8.80. The molecule has 0 aromatic heterocycles. The minimum Gasteiger partial charge on any atom is -0.386 e. The summed E-state index contributed by atoms with van der Waals surface area (Å²) in [5.41, 5.74) is 0.886. The third-order valence-electron chi connectivity index (χ3n) is 2.10. The second kappa shape index (κ2) is 5.52. The minimum atomic E-state index is -3.85. The van der Waals surface area contributed by atoms with Gasteiger partial charge in [-0.1, -0.05) is 17.7 Å². The molecular formula is C10H13F2NO3S. The first-order chi connectivity index (χ1) is 7.83. The van der Waals surface area contributed by atoms with Gasteiger partial charge >= 0.3 is 0 Å². The van der Waals surface area contributed by atoms with Crippen molar-refractivity contribution in [1.29, 1.82) is 0 Å². The van der Waals surface area contributed by atoms with Crippen LogP contribution < -0.4 is 4.72 Å². The van der Waals surface area contributed by atoms with E-state index in [0.29, 0.717) is 0 Å². The number of aliphatic hydroxyl groups is 1. The quantitative estimate of drug-likeness (QED) is 0.831. The van der Waals surface area contributed by atoms with E-state index in [1.807, 2.05) is 4.72 Å². The third-order valence-corrected chi connectivity index (χ3v) is 3.54. The number of aryl methyl sites for hydroxylation is 1. The standard InChI is InChI=1S/C10H13F2NO3S/c1-7-2-4-8(5-3-7)17(15,16)13-6-9(14)10(11)12/h2-5,9-10,13-14H,6H2,1H3. The number of alkyl halides is 2. The molecule has 1 atom stereocenters. The van der Waals surface area contributed by atoms with Crippen molar-refractivity contribution in [2.45, 2.75) is 24.3 Å².